The number of aliphatic hydroxyl groups is 2. The Hall–Kier alpha value is -2.03. The number of anilines is 1. The van der Waals surface area contributed by atoms with Gasteiger partial charge in [0.15, 0.2) is 5.60 Å². The summed E-state index contributed by atoms with van der Waals surface area (Å²) in [6.07, 6.45) is 6.76. The highest BCUT2D eigenvalue weighted by Crippen LogP contribution is 2.42. The van der Waals surface area contributed by atoms with Crippen LogP contribution in [0, 0.1) is 5.92 Å². The molecule has 2 aromatic rings. The van der Waals surface area contributed by atoms with Crippen molar-refractivity contribution in [1.29, 1.82) is 0 Å². The van der Waals surface area contributed by atoms with Gasteiger partial charge < -0.3 is 15.5 Å². The highest BCUT2D eigenvalue weighted by atomic mass is 79.9. The average Bonchev–Trinajstić information content (AvgIpc) is 3.16. The first kappa shape index (κ1) is 18.8. The molecule has 7 nitrogen and oxygen atoms in total. The van der Waals surface area contributed by atoms with Gasteiger partial charge in [0.1, 0.15) is 0 Å². The molecule has 1 aliphatic rings. The summed E-state index contributed by atoms with van der Waals surface area (Å²) >= 11 is 3.39. The van der Waals surface area contributed by atoms with Crippen molar-refractivity contribution >= 4 is 27.5 Å². The van der Waals surface area contributed by atoms with Gasteiger partial charge >= 0.3 is 0 Å². The van der Waals surface area contributed by atoms with Crippen LogP contribution in [0.15, 0.2) is 41.0 Å². The molecule has 0 saturated carbocycles. The van der Waals surface area contributed by atoms with E-state index in [4.69, 9.17) is 5.11 Å². The van der Waals surface area contributed by atoms with Gasteiger partial charge in [0.2, 0.25) is 0 Å². The van der Waals surface area contributed by atoms with E-state index >= 15 is 0 Å². The molecule has 0 bridgehead atoms. The number of aryl methyl sites for hydroxylation is 1. The Morgan fingerprint density at radius 1 is 1.46 bits per heavy atom. The van der Waals surface area contributed by atoms with Crippen LogP contribution in [0.2, 0.25) is 0 Å². The zero-order chi connectivity index (χ0) is 18.7. The molecular weight excluding hydrogens is 400 g/mol. The molecule has 8 heteroatoms. The van der Waals surface area contributed by atoms with Gasteiger partial charge in [-0.2, -0.15) is 0 Å². The predicted molar refractivity (Wildman–Crippen MR) is 100 cm³/mol. The topological polar surface area (TPSA) is 100 Å². The standard InChI is InChI=1S/C18H21BrN4O3/c1-12(4-2-3-8-23-11-14(7-9-24)21-22-23)18(26)15-10-13(19)5-6-16(15)20-17(18)25/h2,4-6,10-12,24,26H,3,7-9H2,1H3,(H,20,25)/b4-2+/t12-,18+/m1/s1. The predicted octanol–water partition coefficient (Wildman–Crippen LogP) is 2.00. The quantitative estimate of drug-likeness (QED) is 0.594. The Morgan fingerprint density at radius 3 is 3.04 bits per heavy atom. The summed E-state index contributed by atoms with van der Waals surface area (Å²) in [5.74, 6) is -0.800. The molecule has 3 rings (SSSR count). The first-order valence-corrected chi connectivity index (χ1v) is 9.25. The second kappa shape index (κ2) is 7.69. The Bertz CT molecular complexity index is 836. The zero-order valence-corrected chi connectivity index (χ0v) is 16.0. The summed E-state index contributed by atoms with van der Waals surface area (Å²) in [6.45, 7) is 2.50. The van der Waals surface area contributed by atoms with Crippen LogP contribution in [-0.4, -0.2) is 37.7 Å². The lowest BCUT2D eigenvalue weighted by molar-refractivity contribution is -0.137. The molecule has 0 unspecified atom stereocenters. The van der Waals surface area contributed by atoms with Gasteiger partial charge in [0, 0.05) is 47.4 Å². The van der Waals surface area contributed by atoms with Crippen LogP contribution in [0.4, 0.5) is 5.69 Å². The number of halogens is 1. The summed E-state index contributed by atoms with van der Waals surface area (Å²) in [4.78, 5) is 12.4. The number of allylic oxidation sites excluding steroid dienone is 1. The van der Waals surface area contributed by atoms with Crippen molar-refractivity contribution in [2.45, 2.75) is 31.9 Å². The van der Waals surface area contributed by atoms with Crippen LogP contribution in [0.3, 0.4) is 0 Å². The van der Waals surface area contributed by atoms with Crippen LogP contribution in [0.1, 0.15) is 24.6 Å². The Kier molecular flexibility index (Phi) is 5.55. The smallest absolute Gasteiger partial charge is 0.261 e. The van der Waals surface area contributed by atoms with E-state index in [1.54, 1.807) is 23.0 Å². The van der Waals surface area contributed by atoms with Gasteiger partial charge in [0.25, 0.3) is 5.91 Å². The number of aromatic nitrogens is 3. The molecule has 0 fully saturated rings. The lowest BCUT2D eigenvalue weighted by atomic mass is 9.83. The number of rotatable bonds is 7. The van der Waals surface area contributed by atoms with Gasteiger partial charge in [-0.25, -0.2) is 0 Å². The molecule has 1 aromatic carbocycles. The number of benzene rings is 1. The summed E-state index contributed by atoms with van der Waals surface area (Å²) in [6, 6.07) is 5.38. The van der Waals surface area contributed by atoms with Gasteiger partial charge in [-0.15, -0.1) is 5.10 Å². The number of fused-ring (bicyclic) bond motifs is 1. The van der Waals surface area contributed by atoms with E-state index < -0.39 is 17.4 Å². The number of carbonyl (C=O) groups excluding carboxylic acids is 1. The highest BCUT2D eigenvalue weighted by Gasteiger charge is 2.48. The van der Waals surface area contributed by atoms with Crippen molar-refractivity contribution in [1.82, 2.24) is 15.0 Å². The number of aliphatic hydroxyl groups excluding tert-OH is 1. The monoisotopic (exact) mass is 420 g/mol. The van der Waals surface area contributed by atoms with Crippen LogP contribution in [0.5, 0.6) is 0 Å². The maximum atomic E-state index is 12.4. The highest BCUT2D eigenvalue weighted by molar-refractivity contribution is 9.10. The molecule has 0 saturated heterocycles. The van der Waals surface area contributed by atoms with E-state index in [-0.39, 0.29) is 6.61 Å². The van der Waals surface area contributed by atoms with Crippen LogP contribution < -0.4 is 5.32 Å². The van der Waals surface area contributed by atoms with E-state index in [0.29, 0.717) is 30.6 Å². The first-order chi connectivity index (χ1) is 12.4. The van der Waals surface area contributed by atoms with Gasteiger partial charge in [0.05, 0.1) is 5.69 Å². The Morgan fingerprint density at radius 2 is 2.27 bits per heavy atom. The maximum absolute atomic E-state index is 12.4. The molecule has 138 valence electrons. The van der Waals surface area contributed by atoms with Crippen molar-refractivity contribution in [2.75, 3.05) is 11.9 Å². The van der Waals surface area contributed by atoms with Crippen molar-refractivity contribution in [3.63, 3.8) is 0 Å². The number of hydrogen-bond donors (Lipinski definition) is 3. The van der Waals surface area contributed by atoms with Crippen LogP contribution in [-0.2, 0) is 23.4 Å². The minimum absolute atomic E-state index is 0.0499. The molecule has 2 atom stereocenters. The van der Waals surface area contributed by atoms with E-state index in [1.165, 1.54) is 0 Å². The summed E-state index contributed by atoms with van der Waals surface area (Å²) < 4.78 is 2.52. The first-order valence-electron chi connectivity index (χ1n) is 8.45. The third kappa shape index (κ3) is 3.58. The molecule has 26 heavy (non-hydrogen) atoms. The van der Waals surface area contributed by atoms with Crippen molar-refractivity contribution in [3.8, 4) is 0 Å². The van der Waals surface area contributed by atoms with E-state index in [9.17, 15) is 9.90 Å². The third-order valence-corrected chi connectivity index (χ3v) is 5.04. The molecular formula is C18H21BrN4O3. The van der Waals surface area contributed by atoms with Crippen molar-refractivity contribution in [2.24, 2.45) is 5.92 Å². The molecule has 0 radical (unpaired) electrons. The number of nitrogens with zero attached hydrogens (tertiary/aromatic N) is 3. The maximum Gasteiger partial charge on any atom is 0.261 e. The lowest BCUT2D eigenvalue weighted by Gasteiger charge is -2.26. The van der Waals surface area contributed by atoms with Crippen molar-refractivity contribution in [3.05, 3.63) is 52.3 Å². The Balaban J connectivity index is 1.65. The van der Waals surface area contributed by atoms with Gasteiger partial charge in [-0.1, -0.05) is 40.2 Å². The van der Waals surface area contributed by atoms with E-state index in [1.807, 2.05) is 25.1 Å². The van der Waals surface area contributed by atoms with E-state index in [0.717, 1.165) is 10.2 Å². The fourth-order valence-electron chi connectivity index (χ4n) is 3.06. The summed E-state index contributed by atoms with van der Waals surface area (Å²) in [7, 11) is 0. The third-order valence-electron chi connectivity index (χ3n) is 4.55. The van der Waals surface area contributed by atoms with Crippen LogP contribution in [0.25, 0.3) is 0 Å². The lowest BCUT2D eigenvalue weighted by Crippen LogP contribution is -2.39. The van der Waals surface area contributed by atoms with Gasteiger partial charge in [-0.05, 0) is 24.6 Å². The SMILES string of the molecule is C[C@H](/C=C/CCn1cc(CCO)nn1)[C@@]1(O)C(=O)Nc2ccc(Br)cc21. The van der Waals surface area contributed by atoms with E-state index in [2.05, 4.69) is 31.6 Å². The second-order valence-electron chi connectivity index (χ2n) is 6.36. The normalized spacial score (nSPS) is 20.4. The molecule has 0 spiro atoms. The minimum Gasteiger partial charge on any atom is -0.396 e. The number of carbonyl (C=O) groups is 1. The average molecular weight is 421 g/mol. The fourth-order valence-corrected chi connectivity index (χ4v) is 3.42. The van der Waals surface area contributed by atoms with Crippen molar-refractivity contribution < 1.29 is 15.0 Å². The fraction of sp³-hybridized carbons (Fsp3) is 0.389. The molecule has 1 amide bonds. The Labute approximate surface area is 159 Å². The molecule has 1 aliphatic heterocycles. The zero-order valence-electron chi connectivity index (χ0n) is 14.4. The van der Waals surface area contributed by atoms with Crippen LogP contribution >= 0.6 is 15.9 Å². The molecule has 3 N–H and O–H groups in total. The second-order valence-corrected chi connectivity index (χ2v) is 7.28. The largest absolute Gasteiger partial charge is 0.396 e. The summed E-state index contributed by atoms with van der Waals surface area (Å²) in [5.41, 5.74) is 0.389. The number of nitrogens with one attached hydrogen (secondary N) is 1. The minimum atomic E-state index is -1.59. The number of hydrogen-bond acceptors (Lipinski definition) is 5. The summed E-state index contributed by atoms with van der Waals surface area (Å²) in [5, 5.41) is 30.6. The van der Waals surface area contributed by atoms with Gasteiger partial charge in [-0.3, -0.25) is 9.48 Å². The molecule has 0 aliphatic carbocycles. The molecule has 1 aromatic heterocycles. The number of amides is 1. The molecule has 2 heterocycles.